The van der Waals surface area contributed by atoms with Gasteiger partial charge in [0.25, 0.3) is 5.56 Å². The largest absolute Gasteiger partial charge is 0.325 e. The number of benzene rings is 1. The fourth-order valence-corrected chi connectivity index (χ4v) is 3.43. The van der Waals surface area contributed by atoms with Crippen LogP contribution in [0.25, 0.3) is 5.65 Å². The quantitative estimate of drug-likeness (QED) is 0.725. The number of amides is 1. The van der Waals surface area contributed by atoms with Crippen LogP contribution in [-0.2, 0) is 17.0 Å². The van der Waals surface area contributed by atoms with E-state index in [1.54, 1.807) is 6.20 Å². The number of carbonyl (C=O) groups is 1. The number of anilines is 1. The van der Waals surface area contributed by atoms with E-state index in [2.05, 4.69) is 17.2 Å². The first kappa shape index (κ1) is 18.2. The Bertz CT molecular complexity index is 998. The van der Waals surface area contributed by atoms with E-state index in [0.717, 1.165) is 23.2 Å². The molecule has 0 radical (unpaired) electrons. The molecule has 2 heterocycles. The molecular weight excluding hydrogens is 346 g/mol. The average Bonchev–Trinajstić information content (AvgIpc) is 2.63. The number of hydrogen-bond acceptors (Lipinski definition) is 4. The molecule has 0 saturated carbocycles. The van der Waals surface area contributed by atoms with Gasteiger partial charge in [0.1, 0.15) is 5.65 Å². The first-order chi connectivity index (χ1) is 12.6. The molecule has 0 aliphatic heterocycles. The van der Waals surface area contributed by atoms with Crippen molar-refractivity contribution >= 4 is 29.0 Å². The molecule has 26 heavy (non-hydrogen) atoms. The Morgan fingerprint density at radius 2 is 2.04 bits per heavy atom. The molecule has 5 nitrogen and oxygen atoms in total. The van der Waals surface area contributed by atoms with Crippen LogP contribution in [-0.4, -0.2) is 21.0 Å². The van der Waals surface area contributed by atoms with Gasteiger partial charge in [0.2, 0.25) is 5.91 Å². The van der Waals surface area contributed by atoms with Gasteiger partial charge in [-0.2, -0.15) is 0 Å². The van der Waals surface area contributed by atoms with Crippen molar-refractivity contribution in [2.45, 2.75) is 26.0 Å². The Kier molecular flexibility index (Phi) is 5.73. The number of para-hydroxylation sites is 1. The summed E-state index contributed by atoms with van der Waals surface area (Å²) >= 11 is 1.44. The Morgan fingerprint density at radius 1 is 1.23 bits per heavy atom. The van der Waals surface area contributed by atoms with E-state index in [4.69, 9.17) is 0 Å². The third kappa shape index (κ3) is 4.32. The monoisotopic (exact) mass is 367 g/mol. The van der Waals surface area contributed by atoms with Crippen molar-refractivity contribution in [3.63, 3.8) is 0 Å². The predicted octanol–water partition coefficient (Wildman–Crippen LogP) is 3.44. The zero-order chi connectivity index (χ0) is 18.5. The van der Waals surface area contributed by atoms with E-state index in [9.17, 15) is 9.59 Å². The van der Waals surface area contributed by atoms with Gasteiger partial charge >= 0.3 is 0 Å². The summed E-state index contributed by atoms with van der Waals surface area (Å²) in [6.45, 7) is 4.00. The fraction of sp³-hybridized carbons (Fsp3) is 0.250. The molecule has 0 atom stereocenters. The highest BCUT2D eigenvalue weighted by molar-refractivity contribution is 7.99. The third-order valence-electron chi connectivity index (χ3n) is 4.02. The second-order valence-electron chi connectivity index (χ2n) is 6.07. The topological polar surface area (TPSA) is 63.5 Å². The first-order valence-electron chi connectivity index (χ1n) is 8.51. The van der Waals surface area contributed by atoms with Crippen LogP contribution in [0.2, 0.25) is 0 Å². The number of nitrogens with zero attached hydrogens (tertiary/aromatic N) is 2. The molecule has 0 fully saturated rings. The highest BCUT2D eigenvalue weighted by Gasteiger charge is 2.07. The van der Waals surface area contributed by atoms with Crippen molar-refractivity contribution in [3.8, 4) is 0 Å². The molecule has 3 rings (SSSR count). The summed E-state index contributed by atoms with van der Waals surface area (Å²) in [6.07, 6.45) is 2.65. The minimum atomic E-state index is -0.101. The van der Waals surface area contributed by atoms with Crippen LogP contribution in [0.3, 0.4) is 0 Å². The number of pyridine rings is 1. The highest BCUT2D eigenvalue weighted by atomic mass is 32.2. The lowest BCUT2D eigenvalue weighted by Crippen LogP contribution is -2.17. The lowest BCUT2D eigenvalue weighted by Gasteiger charge is -2.09. The molecule has 6 heteroatoms. The number of nitrogens with one attached hydrogen (secondary N) is 1. The molecule has 1 aromatic carbocycles. The molecule has 134 valence electrons. The van der Waals surface area contributed by atoms with Crippen molar-refractivity contribution in [1.82, 2.24) is 9.38 Å². The minimum absolute atomic E-state index is 0.0518. The van der Waals surface area contributed by atoms with E-state index in [-0.39, 0.29) is 11.5 Å². The van der Waals surface area contributed by atoms with Crippen molar-refractivity contribution in [1.29, 1.82) is 0 Å². The van der Waals surface area contributed by atoms with Gasteiger partial charge in [-0.1, -0.05) is 31.2 Å². The van der Waals surface area contributed by atoms with Gasteiger partial charge in [0.15, 0.2) is 0 Å². The molecule has 2 aromatic heterocycles. The van der Waals surface area contributed by atoms with Crippen LogP contribution in [0, 0.1) is 6.92 Å². The van der Waals surface area contributed by atoms with E-state index >= 15 is 0 Å². The summed E-state index contributed by atoms with van der Waals surface area (Å²) in [5.41, 5.74) is 4.19. The van der Waals surface area contributed by atoms with Crippen LogP contribution in [0.15, 0.2) is 53.5 Å². The van der Waals surface area contributed by atoms with Gasteiger partial charge in [0.05, 0.1) is 11.4 Å². The number of aryl methyl sites for hydroxylation is 2. The summed E-state index contributed by atoms with van der Waals surface area (Å²) in [4.78, 5) is 28.9. The van der Waals surface area contributed by atoms with Gasteiger partial charge < -0.3 is 5.32 Å². The van der Waals surface area contributed by atoms with E-state index < -0.39 is 0 Å². The second-order valence-corrected chi connectivity index (χ2v) is 7.06. The number of carbonyl (C=O) groups excluding carboxylic acids is 1. The number of thioether (sulfide) groups is 1. The molecule has 0 bridgehead atoms. The number of fused-ring (bicyclic) bond motifs is 1. The van der Waals surface area contributed by atoms with Gasteiger partial charge in [-0.25, -0.2) is 4.98 Å². The second kappa shape index (κ2) is 8.19. The van der Waals surface area contributed by atoms with Gasteiger partial charge in [-0.05, 0) is 36.6 Å². The maximum Gasteiger partial charge on any atom is 0.258 e. The Hall–Kier alpha value is -2.60. The molecule has 0 saturated heterocycles. The Labute approximate surface area is 156 Å². The smallest absolute Gasteiger partial charge is 0.258 e. The zero-order valence-electron chi connectivity index (χ0n) is 14.9. The van der Waals surface area contributed by atoms with Crippen molar-refractivity contribution in [3.05, 3.63) is 75.8 Å². The SMILES string of the molecule is CCc1ccccc1NC(=O)CSCc1cc(=O)n2cc(C)ccc2n1. The van der Waals surface area contributed by atoms with Gasteiger partial charge in [-0.15, -0.1) is 11.8 Å². The van der Waals surface area contributed by atoms with Gasteiger partial charge in [0, 0.05) is 23.7 Å². The summed E-state index contributed by atoms with van der Waals surface area (Å²) in [7, 11) is 0. The lowest BCUT2D eigenvalue weighted by molar-refractivity contribution is -0.113. The summed E-state index contributed by atoms with van der Waals surface area (Å²) in [5.74, 6) is 0.777. The lowest BCUT2D eigenvalue weighted by atomic mass is 10.1. The summed E-state index contributed by atoms with van der Waals surface area (Å²) < 4.78 is 1.54. The Balaban J connectivity index is 1.61. The fourth-order valence-electron chi connectivity index (χ4n) is 2.72. The molecule has 1 N–H and O–H groups in total. The summed E-state index contributed by atoms with van der Waals surface area (Å²) in [6, 6.07) is 13.1. The predicted molar refractivity (Wildman–Crippen MR) is 107 cm³/mol. The number of aromatic nitrogens is 2. The van der Waals surface area contributed by atoms with Crippen LogP contribution in [0.4, 0.5) is 5.69 Å². The number of rotatable bonds is 6. The molecule has 1 amide bonds. The van der Waals surface area contributed by atoms with Crippen molar-refractivity contribution in [2.24, 2.45) is 0 Å². The molecule has 0 aliphatic carbocycles. The highest BCUT2D eigenvalue weighted by Crippen LogP contribution is 2.17. The minimum Gasteiger partial charge on any atom is -0.325 e. The maximum atomic E-state index is 12.2. The molecule has 0 unspecified atom stereocenters. The number of hydrogen-bond donors (Lipinski definition) is 1. The summed E-state index contributed by atoms with van der Waals surface area (Å²) in [5, 5.41) is 2.95. The molecule has 3 aromatic rings. The third-order valence-corrected chi connectivity index (χ3v) is 4.98. The molecule has 0 spiro atoms. The van der Waals surface area contributed by atoms with E-state index in [1.165, 1.54) is 22.2 Å². The van der Waals surface area contributed by atoms with Crippen LogP contribution in [0.5, 0.6) is 0 Å². The standard InChI is InChI=1S/C20H21N3O2S/c1-3-15-6-4-5-7-17(15)22-19(24)13-26-12-16-10-20(25)23-11-14(2)8-9-18(23)21-16/h4-11H,3,12-13H2,1-2H3,(H,22,24). The van der Waals surface area contributed by atoms with Crippen LogP contribution in [0.1, 0.15) is 23.7 Å². The normalized spacial score (nSPS) is 10.8. The van der Waals surface area contributed by atoms with Gasteiger partial charge in [-0.3, -0.25) is 14.0 Å². The Morgan fingerprint density at radius 3 is 2.85 bits per heavy atom. The first-order valence-corrected chi connectivity index (χ1v) is 9.66. The molecule has 0 aliphatic rings. The van der Waals surface area contributed by atoms with E-state index in [1.807, 2.05) is 43.3 Å². The average molecular weight is 367 g/mol. The maximum absolute atomic E-state index is 12.2. The molecular formula is C20H21N3O2S. The van der Waals surface area contributed by atoms with Crippen LogP contribution < -0.4 is 10.9 Å². The van der Waals surface area contributed by atoms with Crippen LogP contribution >= 0.6 is 11.8 Å². The van der Waals surface area contributed by atoms with E-state index in [0.29, 0.717) is 22.8 Å². The zero-order valence-corrected chi connectivity index (χ0v) is 15.7. The van der Waals surface area contributed by atoms with Crippen molar-refractivity contribution < 1.29 is 4.79 Å². The van der Waals surface area contributed by atoms with Crippen molar-refractivity contribution in [2.75, 3.05) is 11.1 Å².